The highest BCUT2D eigenvalue weighted by Gasteiger charge is 2.09. The lowest BCUT2D eigenvalue weighted by Crippen LogP contribution is -2.11. The fourth-order valence-electron chi connectivity index (χ4n) is 1.69. The number of anilines is 1. The third kappa shape index (κ3) is 3.18. The summed E-state index contributed by atoms with van der Waals surface area (Å²) in [5.41, 5.74) is 1.50. The van der Waals surface area contributed by atoms with Crippen LogP contribution in [0.25, 0.3) is 0 Å². The van der Waals surface area contributed by atoms with Crippen molar-refractivity contribution >= 4 is 17.3 Å². The van der Waals surface area contributed by atoms with Gasteiger partial charge in [0.25, 0.3) is 11.6 Å². The average molecular weight is 272 g/mol. The van der Waals surface area contributed by atoms with Crippen LogP contribution in [0.15, 0.2) is 48.5 Å². The minimum Gasteiger partial charge on any atom is -0.392 e. The molecule has 0 aliphatic carbocycles. The Bertz CT molecular complexity index is 638. The van der Waals surface area contributed by atoms with Crippen LogP contribution in [-0.4, -0.2) is 15.9 Å². The van der Waals surface area contributed by atoms with Crippen LogP contribution in [0.4, 0.5) is 11.4 Å². The first-order valence-corrected chi connectivity index (χ1v) is 5.86. The largest absolute Gasteiger partial charge is 0.392 e. The second-order valence-corrected chi connectivity index (χ2v) is 4.12. The van der Waals surface area contributed by atoms with Gasteiger partial charge in [0, 0.05) is 23.4 Å². The van der Waals surface area contributed by atoms with E-state index in [-0.39, 0.29) is 18.2 Å². The lowest BCUT2D eigenvalue weighted by molar-refractivity contribution is -0.384. The van der Waals surface area contributed by atoms with E-state index in [2.05, 4.69) is 5.32 Å². The van der Waals surface area contributed by atoms with Crippen molar-refractivity contribution in [3.63, 3.8) is 0 Å². The number of aliphatic hydroxyl groups is 1. The highest BCUT2D eigenvalue weighted by molar-refractivity contribution is 6.04. The first-order valence-electron chi connectivity index (χ1n) is 5.86. The average Bonchev–Trinajstić information content (AvgIpc) is 2.47. The molecule has 0 atom stereocenters. The third-order valence-electron chi connectivity index (χ3n) is 2.71. The Morgan fingerprint density at radius 1 is 1.20 bits per heavy atom. The standard InChI is InChI=1S/C14H12N2O4/c17-9-10-2-1-3-12(8-10)15-14(18)11-4-6-13(7-5-11)16(19)20/h1-8,17H,9H2,(H,15,18). The summed E-state index contributed by atoms with van der Waals surface area (Å²) in [5, 5.41) is 22.2. The molecule has 2 rings (SSSR count). The summed E-state index contributed by atoms with van der Waals surface area (Å²) < 4.78 is 0. The van der Waals surface area contributed by atoms with Gasteiger partial charge in [0.1, 0.15) is 0 Å². The third-order valence-corrected chi connectivity index (χ3v) is 2.71. The Morgan fingerprint density at radius 3 is 2.50 bits per heavy atom. The van der Waals surface area contributed by atoms with Gasteiger partial charge in [-0.05, 0) is 29.8 Å². The van der Waals surface area contributed by atoms with E-state index in [1.54, 1.807) is 24.3 Å². The Balaban J connectivity index is 2.13. The fraction of sp³-hybridized carbons (Fsp3) is 0.0714. The van der Waals surface area contributed by atoms with Crippen LogP contribution in [0.1, 0.15) is 15.9 Å². The van der Waals surface area contributed by atoms with E-state index in [1.165, 1.54) is 24.3 Å². The van der Waals surface area contributed by atoms with Crippen molar-refractivity contribution in [2.24, 2.45) is 0 Å². The quantitative estimate of drug-likeness (QED) is 0.660. The molecule has 0 aromatic heterocycles. The zero-order valence-corrected chi connectivity index (χ0v) is 10.4. The molecule has 0 bridgehead atoms. The topological polar surface area (TPSA) is 92.5 Å². The Labute approximate surface area is 114 Å². The van der Waals surface area contributed by atoms with Crippen LogP contribution >= 0.6 is 0 Å². The predicted molar refractivity (Wildman–Crippen MR) is 73.4 cm³/mol. The summed E-state index contributed by atoms with van der Waals surface area (Å²) in [4.78, 5) is 22.0. The minimum absolute atomic E-state index is 0.0659. The first-order chi connectivity index (χ1) is 9.60. The van der Waals surface area contributed by atoms with Crippen molar-refractivity contribution in [1.82, 2.24) is 0 Å². The van der Waals surface area contributed by atoms with Gasteiger partial charge in [-0.2, -0.15) is 0 Å². The molecule has 6 heteroatoms. The Kier molecular flexibility index (Phi) is 4.07. The van der Waals surface area contributed by atoms with Gasteiger partial charge in [-0.15, -0.1) is 0 Å². The highest BCUT2D eigenvalue weighted by atomic mass is 16.6. The second-order valence-electron chi connectivity index (χ2n) is 4.12. The maximum absolute atomic E-state index is 12.0. The van der Waals surface area contributed by atoms with E-state index in [0.29, 0.717) is 16.8 Å². The highest BCUT2D eigenvalue weighted by Crippen LogP contribution is 2.15. The summed E-state index contributed by atoms with van der Waals surface area (Å²) in [7, 11) is 0. The zero-order chi connectivity index (χ0) is 14.5. The summed E-state index contributed by atoms with van der Waals surface area (Å²) in [6, 6.07) is 12.1. The number of benzene rings is 2. The zero-order valence-electron chi connectivity index (χ0n) is 10.4. The molecule has 0 saturated carbocycles. The number of hydrogen-bond donors (Lipinski definition) is 2. The van der Waals surface area contributed by atoms with E-state index < -0.39 is 4.92 Å². The van der Waals surface area contributed by atoms with Gasteiger partial charge in [0.2, 0.25) is 0 Å². The second kappa shape index (κ2) is 5.94. The van der Waals surface area contributed by atoms with Crippen LogP contribution in [0.5, 0.6) is 0 Å². The molecular weight excluding hydrogens is 260 g/mol. The number of carbonyl (C=O) groups is 1. The summed E-state index contributed by atoms with van der Waals surface area (Å²) >= 11 is 0. The molecule has 2 aromatic rings. The van der Waals surface area contributed by atoms with Crippen molar-refractivity contribution in [2.75, 3.05) is 5.32 Å². The van der Waals surface area contributed by atoms with E-state index in [1.807, 2.05) is 0 Å². The number of rotatable bonds is 4. The molecule has 0 radical (unpaired) electrons. The molecule has 102 valence electrons. The number of nitrogens with one attached hydrogen (secondary N) is 1. The number of nitrogens with zero attached hydrogens (tertiary/aromatic N) is 1. The maximum atomic E-state index is 12.0. The van der Waals surface area contributed by atoms with Gasteiger partial charge < -0.3 is 10.4 Å². The lowest BCUT2D eigenvalue weighted by atomic mass is 10.1. The van der Waals surface area contributed by atoms with Crippen LogP contribution in [0.2, 0.25) is 0 Å². The number of aliphatic hydroxyl groups excluding tert-OH is 1. The molecule has 0 unspecified atom stereocenters. The molecule has 0 fully saturated rings. The number of carbonyl (C=O) groups excluding carboxylic acids is 1. The number of hydrogen-bond acceptors (Lipinski definition) is 4. The predicted octanol–water partition coefficient (Wildman–Crippen LogP) is 2.34. The Morgan fingerprint density at radius 2 is 1.90 bits per heavy atom. The van der Waals surface area contributed by atoms with Gasteiger partial charge in [-0.1, -0.05) is 12.1 Å². The van der Waals surface area contributed by atoms with Crippen molar-refractivity contribution in [3.05, 3.63) is 69.8 Å². The van der Waals surface area contributed by atoms with E-state index in [4.69, 9.17) is 5.11 Å². The van der Waals surface area contributed by atoms with Gasteiger partial charge >= 0.3 is 0 Å². The number of nitro groups is 1. The molecule has 6 nitrogen and oxygen atoms in total. The molecule has 0 aliphatic rings. The van der Waals surface area contributed by atoms with Gasteiger partial charge in [0.15, 0.2) is 0 Å². The monoisotopic (exact) mass is 272 g/mol. The normalized spacial score (nSPS) is 10.1. The van der Waals surface area contributed by atoms with Crippen molar-refractivity contribution < 1.29 is 14.8 Å². The SMILES string of the molecule is O=C(Nc1cccc(CO)c1)c1ccc([N+](=O)[O-])cc1. The number of nitro benzene ring substituents is 1. The molecule has 0 spiro atoms. The molecule has 0 heterocycles. The van der Waals surface area contributed by atoms with Crippen LogP contribution in [-0.2, 0) is 6.61 Å². The van der Waals surface area contributed by atoms with Gasteiger partial charge in [0.05, 0.1) is 11.5 Å². The maximum Gasteiger partial charge on any atom is 0.269 e. The van der Waals surface area contributed by atoms with Crippen LogP contribution < -0.4 is 5.32 Å². The number of non-ortho nitro benzene ring substituents is 1. The molecule has 0 aliphatic heterocycles. The summed E-state index contributed by atoms with van der Waals surface area (Å²) in [6.45, 7) is -0.110. The minimum atomic E-state index is -0.521. The van der Waals surface area contributed by atoms with Crippen LogP contribution in [0.3, 0.4) is 0 Å². The summed E-state index contributed by atoms with van der Waals surface area (Å²) in [5.74, 6) is -0.366. The van der Waals surface area contributed by atoms with E-state index in [9.17, 15) is 14.9 Å². The van der Waals surface area contributed by atoms with Crippen molar-refractivity contribution in [3.8, 4) is 0 Å². The van der Waals surface area contributed by atoms with Gasteiger partial charge in [-0.3, -0.25) is 14.9 Å². The Hall–Kier alpha value is -2.73. The molecular formula is C14H12N2O4. The summed E-state index contributed by atoms with van der Waals surface area (Å²) in [6.07, 6.45) is 0. The van der Waals surface area contributed by atoms with E-state index >= 15 is 0 Å². The van der Waals surface area contributed by atoms with E-state index in [0.717, 1.165) is 0 Å². The smallest absolute Gasteiger partial charge is 0.269 e. The number of amides is 1. The molecule has 20 heavy (non-hydrogen) atoms. The molecule has 2 aromatic carbocycles. The van der Waals surface area contributed by atoms with Crippen molar-refractivity contribution in [1.29, 1.82) is 0 Å². The van der Waals surface area contributed by atoms with Crippen molar-refractivity contribution in [2.45, 2.75) is 6.61 Å². The van der Waals surface area contributed by atoms with Crippen LogP contribution in [0, 0.1) is 10.1 Å². The lowest BCUT2D eigenvalue weighted by Gasteiger charge is -2.06. The fourth-order valence-corrected chi connectivity index (χ4v) is 1.69. The van der Waals surface area contributed by atoms with Gasteiger partial charge in [-0.25, -0.2) is 0 Å². The molecule has 1 amide bonds. The molecule has 0 saturated heterocycles. The molecule has 2 N–H and O–H groups in total. The first kappa shape index (κ1) is 13.7.